The lowest BCUT2D eigenvalue weighted by Gasteiger charge is -2.18. The van der Waals surface area contributed by atoms with Gasteiger partial charge in [0.15, 0.2) is 0 Å². The second kappa shape index (κ2) is 5.40. The van der Waals surface area contributed by atoms with Crippen LogP contribution in [0.25, 0.3) is 10.9 Å². The highest BCUT2D eigenvalue weighted by Crippen LogP contribution is 2.16. The summed E-state index contributed by atoms with van der Waals surface area (Å²) in [5, 5.41) is 7.88. The molecule has 1 aromatic heterocycles. The quantitative estimate of drug-likeness (QED) is 0.800. The molecule has 21 heavy (non-hydrogen) atoms. The van der Waals surface area contributed by atoms with Crippen molar-refractivity contribution in [2.45, 2.75) is 13.5 Å². The molecule has 4 nitrogen and oxygen atoms in total. The average molecular weight is 279 g/mol. The van der Waals surface area contributed by atoms with Gasteiger partial charge in [-0.25, -0.2) is 0 Å². The number of carbonyl (C=O) groups excluding carboxylic acids is 1. The van der Waals surface area contributed by atoms with Crippen LogP contribution < -0.4 is 0 Å². The van der Waals surface area contributed by atoms with Gasteiger partial charge in [-0.2, -0.15) is 5.10 Å². The van der Waals surface area contributed by atoms with Gasteiger partial charge in [0, 0.05) is 24.5 Å². The van der Waals surface area contributed by atoms with Crippen molar-refractivity contribution in [3.05, 3.63) is 65.4 Å². The molecule has 0 radical (unpaired) electrons. The van der Waals surface area contributed by atoms with Gasteiger partial charge < -0.3 is 4.90 Å². The lowest BCUT2D eigenvalue weighted by molar-refractivity contribution is 0.0785. The fourth-order valence-electron chi connectivity index (χ4n) is 2.41. The van der Waals surface area contributed by atoms with Crippen LogP contribution in [0.1, 0.15) is 21.5 Å². The lowest BCUT2D eigenvalue weighted by atomic mass is 10.1. The van der Waals surface area contributed by atoms with Gasteiger partial charge in [-0.3, -0.25) is 9.89 Å². The Morgan fingerprint density at radius 2 is 2.05 bits per heavy atom. The lowest BCUT2D eigenvalue weighted by Crippen LogP contribution is -2.26. The van der Waals surface area contributed by atoms with Gasteiger partial charge in [-0.15, -0.1) is 0 Å². The number of amides is 1. The van der Waals surface area contributed by atoms with E-state index in [2.05, 4.69) is 29.3 Å². The Morgan fingerprint density at radius 3 is 2.86 bits per heavy atom. The minimum atomic E-state index is 0.00903. The summed E-state index contributed by atoms with van der Waals surface area (Å²) >= 11 is 0. The number of carbonyl (C=O) groups is 1. The van der Waals surface area contributed by atoms with Gasteiger partial charge >= 0.3 is 0 Å². The van der Waals surface area contributed by atoms with E-state index in [-0.39, 0.29) is 5.91 Å². The van der Waals surface area contributed by atoms with Crippen molar-refractivity contribution in [1.29, 1.82) is 0 Å². The number of hydrogen-bond acceptors (Lipinski definition) is 2. The summed E-state index contributed by atoms with van der Waals surface area (Å²) in [5.41, 5.74) is 3.91. The summed E-state index contributed by atoms with van der Waals surface area (Å²) in [5.74, 6) is 0.00903. The van der Waals surface area contributed by atoms with E-state index in [1.807, 2.05) is 37.4 Å². The van der Waals surface area contributed by atoms with Crippen molar-refractivity contribution < 1.29 is 4.79 Å². The van der Waals surface area contributed by atoms with Gasteiger partial charge in [-0.05, 0) is 30.2 Å². The minimum absolute atomic E-state index is 0.00903. The molecule has 1 amide bonds. The molecule has 3 aromatic rings. The first-order valence-electron chi connectivity index (χ1n) is 6.88. The van der Waals surface area contributed by atoms with Gasteiger partial charge in [-0.1, -0.05) is 30.3 Å². The van der Waals surface area contributed by atoms with Crippen molar-refractivity contribution in [1.82, 2.24) is 15.1 Å². The molecule has 0 fully saturated rings. The maximum Gasteiger partial charge on any atom is 0.253 e. The summed E-state index contributed by atoms with van der Waals surface area (Å²) in [6.45, 7) is 2.66. The van der Waals surface area contributed by atoms with Crippen LogP contribution in [0.4, 0.5) is 0 Å². The number of aromatic nitrogens is 2. The Labute approximate surface area is 123 Å². The first-order chi connectivity index (χ1) is 10.1. The predicted molar refractivity (Wildman–Crippen MR) is 83.1 cm³/mol. The number of hydrogen-bond donors (Lipinski definition) is 1. The molecule has 1 heterocycles. The number of nitrogens with one attached hydrogen (secondary N) is 1. The number of rotatable bonds is 3. The molecular weight excluding hydrogens is 262 g/mol. The summed E-state index contributed by atoms with van der Waals surface area (Å²) in [7, 11) is 1.83. The summed E-state index contributed by atoms with van der Waals surface area (Å²) in [6.07, 6.45) is 1.75. The number of H-pyrrole nitrogens is 1. The Morgan fingerprint density at radius 1 is 1.24 bits per heavy atom. The zero-order chi connectivity index (χ0) is 14.8. The van der Waals surface area contributed by atoms with Gasteiger partial charge in [0.05, 0.1) is 11.7 Å². The topological polar surface area (TPSA) is 49.0 Å². The second-order valence-corrected chi connectivity index (χ2v) is 5.26. The first kappa shape index (κ1) is 13.4. The molecule has 0 atom stereocenters. The van der Waals surface area contributed by atoms with E-state index in [1.165, 1.54) is 5.56 Å². The van der Waals surface area contributed by atoms with Gasteiger partial charge in [0.25, 0.3) is 5.91 Å². The molecule has 0 saturated carbocycles. The molecule has 0 unspecified atom stereocenters. The summed E-state index contributed by atoms with van der Waals surface area (Å²) in [6, 6.07) is 13.7. The third-order valence-electron chi connectivity index (χ3n) is 3.70. The highest BCUT2D eigenvalue weighted by Gasteiger charge is 2.13. The van der Waals surface area contributed by atoms with Crippen LogP contribution >= 0.6 is 0 Å². The van der Waals surface area contributed by atoms with Crippen LogP contribution in [0.3, 0.4) is 0 Å². The van der Waals surface area contributed by atoms with Crippen molar-refractivity contribution in [3.8, 4) is 0 Å². The van der Waals surface area contributed by atoms with Gasteiger partial charge in [0.1, 0.15) is 0 Å². The predicted octanol–water partition coefficient (Wildman–Crippen LogP) is 3.14. The molecule has 0 bridgehead atoms. The van der Waals surface area contributed by atoms with Crippen molar-refractivity contribution in [2.24, 2.45) is 0 Å². The standard InChI is InChI=1S/C17H17N3O/c1-12-5-3-4-6-15(12)11-20(2)17(21)13-7-8-14-10-18-19-16(14)9-13/h3-10H,11H2,1-2H3,(H,18,19). The van der Waals surface area contributed by atoms with Crippen LogP contribution in [0, 0.1) is 6.92 Å². The van der Waals surface area contributed by atoms with E-state index in [0.29, 0.717) is 12.1 Å². The highest BCUT2D eigenvalue weighted by molar-refractivity contribution is 5.97. The number of benzene rings is 2. The van der Waals surface area contributed by atoms with E-state index in [0.717, 1.165) is 16.5 Å². The third kappa shape index (κ3) is 2.65. The highest BCUT2D eigenvalue weighted by atomic mass is 16.2. The van der Waals surface area contributed by atoms with Crippen LogP contribution in [0.2, 0.25) is 0 Å². The van der Waals surface area contributed by atoms with E-state index in [4.69, 9.17) is 0 Å². The second-order valence-electron chi connectivity index (χ2n) is 5.26. The number of aromatic amines is 1. The van der Waals surface area contributed by atoms with E-state index in [9.17, 15) is 4.79 Å². The Balaban J connectivity index is 1.82. The van der Waals surface area contributed by atoms with Crippen molar-refractivity contribution in [3.63, 3.8) is 0 Å². The third-order valence-corrected chi connectivity index (χ3v) is 3.70. The molecule has 0 spiro atoms. The molecule has 0 aliphatic rings. The average Bonchev–Trinajstić information content (AvgIpc) is 2.96. The monoisotopic (exact) mass is 279 g/mol. The molecule has 1 N–H and O–H groups in total. The zero-order valence-electron chi connectivity index (χ0n) is 12.1. The molecule has 0 aliphatic heterocycles. The molecule has 3 rings (SSSR count). The van der Waals surface area contributed by atoms with Gasteiger partial charge in [0.2, 0.25) is 0 Å². The number of fused-ring (bicyclic) bond motifs is 1. The molecule has 0 saturated heterocycles. The van der Waals surface area contributed by atoms with Crippen LogP contribution in [-0.4, -0.2) is 28.1 Å². The number of aryl methyl sites for hydroxylation is 1. The first-order valence-corrected chi connectivity index (χ1v) is 6.88. The fourth-order valence-corrected chi connectivity index (χ4v) is 2.41. The maximum absolute atomic E-state index is 12.5. The molecular formula is C17H17N3O. The van der Waals surface area contributed by atoms with E-state index >= 15 is 0 Å². The van der Waals surface area contributed by atoms with E-state index in [1.54, 1.807) is 11.1 Å². The summed E-state index contributed by atoms with van der Waals surface area (Å²) in [4.78, 5) is 14.3. The summed E-state index contributed by atoms with van der Waals surface area (Å²) < 4.78 is 0. The number of nitrogens with zero attached hydrogens (tertiary/aromatic N) is 2. The molecule has 4 heteroatoms. The largest absolute Gasteiger partial charge is 0.337 e. The van der Waals surface area contributed by atoms with Crippen LogP contribution in [0.5, 0.6) is 0 Å². The zero-order valence-corrected chi connectivity index (χ0v) is 12.1. The molecule has 0 aliphatic carbocycles. The SMILES string of the molecule is Cc1ccccc1CN(C)C(=O)c1ccc2cn[nH]c2c1. The Bertz CT molecular complexity index is 791. The minimum Gasteiger partial charge on any atom is -0.337 e. The molecule has 106 valence electrons. The smallest absolute Gasteiger partial charge is 0.253 e. The fraction of sp³-hybridized carbons (Fsp3) is 0.176. The molecule has 2 aromatic carbocycles. The van der Waals surface area contributed by atoms with Crippen molar-refractivity contribution in [2.75, 3.05) is 7.05 Å². The van der Waals surface area contributed by atoms with Crippen LogP contribution in [0.15, 0.2) is 48.7 Å². The normalized spacial score (nSPS) is 10.8. The van der Waals surface area contributed by atoms with E-state index < -0.39 is 0 Å². The van der Waals surface area contributed by atoms with Crippen molar-refractivity contribution >= 4 is 16.8 Å². The maximum atomic E-state index is 12.5. The van der Waals surface area contributed by atoms with Crippen LogP contribution in [-0.2, 0) is 6.54 Å². The Kier molecular flexibility index (Phi) is 3.44. The Hall–Kier alpha value is -2.62.